The van der Waals surface area contributed by atoms with Crippen LogP contribution in [0, 0.1) is 11.3 Å². The summed E-state index contributed by atoms with van der Waals surface area (Å²) in [5, 5.41) is 7.90. The van der Waals surface area contributed by atoms with Crippen LogP contribution in [-0.2, 0) is 23.9 Å². The van der Waals surface area contributed by atoms with Gasteiger partial charge in [0.15, 0.2) is 0 Å². The summed E-state index contributed by atoms with van der Waals surface area (Å²) in [5.74, 6) is -1.84. The quantitative estimate of drug-likeness (QED) is 0.466. The third kappa shape index (κ3) is 6.50. The molecule has 0 aliphatic carbocycles. The van der Waals surface area contributed by atoms with Crippen LogP contribution < -0.4 is 16.1 Å². The molecule has 0 saturated carbocycles. The number of aromatic nitrogens is 1. The van der Waals surface area contributed by atoms with Gasteiger partial charge in [0.2, 0.25) is 11.8 Å². The van der Waals surface area contributed by atoms with E-state index in [4.69, 9.17) is 9.72 Å². The molecular formula is C30H39N5O5. The minimum absolute atomic E-state index is 0.220. The number of amides is 3. The molecule has 1 aromatic carbocycles. The smallest absolute Gasteiger partial charge is 0.325 e. The minimum Gasteiger partial charge on any atom is -0.455 e. The summed E-state index contributed by atoms with van der Waals surface area (Å²) in [6, 6.07) is 7.14. The van der Waals surface area contributed by atoms with Gasteiger partial charge in [-0.2, -0.15) is 0 Å². The van der Waals surface area contributed by atoms with Crippen LogP contribution in [0.1, 0.15) is 71.7 Å². The Morgan fingerprint density at radius 1 is 1.05 bits per heavy atom. The van der Waals surface area contributed by atoms with E-state index in [2.05, 4.69) is 16.1 Å². The van der Waals surface area contributed by atoms with E-state index in [0.29, 0.717) is 25.1 Å². The Hall–Kier alpha value is -3.79. The first-order chi connectivity index (χ1) is 18.9. The molecule has 4 rings (SSSR count). The Morgan fingerprint density at radius 3 is 2.50 bits per heavy atom. The second-order valence-corrected chi connectivity index (χ2v) is 11.6. The van der Waals surface area contributed by atoms with E-state index in [-0.39, 0.29) is 17.7 Å². The predicted octanol–water partition coefficient (Wildman–Crippen LogP) is 3.03. The number of ether oxygens (including phenoxy) is 1. The van der Waals surface area contributed by atoms with Gasteiger partial charge in [0.25, 0.3) is 5.91 Å². The average molecular weight is 550 g/mol. The van der Waals surface area contributed by atoms with Gasteiger partial charge < -0.3 is 15.4 Å². The lowest BCUT2D eigenvalue weighted by Gasteiger charge is -2.35. The van der Waals surface area contributed by atoms with Crippen LogP contribution in [0.2, 0.25) is 0 Å². The Kier molecular flexibility index (Phi) is 8.58. The van der Waals surface area contributed by atoms with E-state index in [1.54, 1.807) is 33.8 Å². The van der Waals surface area contributed by atoms with Crippen molar-refractivity contribution in [3.63, 3.8) is 0 Å². The summed E-state index contributed by atoms with van der Waals surface area (Å²) >= 11 is 0. The third-order valence-electron chi connectivity index (χ3n) is 7.43. The number of hydrogen-bond acceptors (Lipinski definition) is 7. The predicted molar refractivity (Wildman–Crippen MR) is 151 cm³/mol. The molecule has 0 unspecified atom stereocenters. The van der Waals surface area contributed by atoms with Gasteiger partial charge in [0, 0.05) is 11.9 Å². The highest BCUT2D eigenvalue weighted by molar-refractivity contribution is 5.94. The van der Waals surface area contributed by atoms with E-state index in [1.165, 1.54) is 5.01 Å². The number of rotatable bonds is 1. The normalized spacial score (nSPS) is 27.2. The number of nitrogens with one attached hydrogen (secondary N) is 3. The number of pyridine rings is 1. The molecule has 0 spiro atoms. The first kappa shape index (κ1) is 29.2. The maximum atomic E-state index is 13.3. The maximum absolute atomic E-state index is 13.3. The molecule has 10 nitrogen and oxygen atoms in total. The van der Waals surface area contributed by atoms with E-state index in [1.807, 2.05) is 50.3 Å². The van der Waals surface area contributed by atoms with Crippen molar-refractivity contribution in [1.82, 2.24) is 26.1 Å². The van der Waals surface area contributed by atoms with Crippen molar-refractivity contribution in [1.29, 1.82) is 0 Å². The summed E-state index contributed by atoms with van der Waals surface area (Å²) < 4.78 is 5.75. The highest BCUT2D eigenvalue weighted by Gasteiger charge is 2.35. The molecule has 5 bridgehead atoms. The fourth-order valence-electron chi connectivity index (χ4n) is 4.75. The van der Waals surface area contributed by atoms with Gasteiger partial charge in [-0.15, -0.1) is 0 Å². The topological polar surface area (TPSA) is 130 Å². The van der Waals surface area contributed by atoms with Crippen LogP contribution in [0.3, 0.4) is 0 Å². The minimum atomic E-state index is -0.923. The summed E-state index contributed by atoms with van der Waals surface area (Å²) in [5.41, 5.74) is 4.24. The van der Waals surface area contributed by atoms with E-state index in [0.717, 1.165) is 16.5 Å². The summed E-state index contributed by atoms with van der Waals surface area (Å²) in [6.45, 7) is 11.0. The molecule has 2 aliphatic heterocycles. The fraction of sp³-hybridized carbons (Fsp3) is 0.500. The van der Waals surface area contributed by atoms with Crippen LogP contribution in [0.4, 0.5) is 0 Å². The highest BCUT2D eigenvalue weighted by Crippen LogP contribution is 2.24. The monoisotopic (exact) mass is 549 g/mol. The molecule has 1 saturated heterocycles. The van der Waals surface area contributed by atoms with Crippen LogP contribution in [0.5, 0.6) is 0 Å². The van der Waals surface area contributed by atoms with E-state index >= 15 is 0 Å². The number of carbonyl (C=O) groups is 4. The average Bonchev–Trinajstić information content (AvgIpc) is 2.92. The van der Waals surface area contributed by atoms with Gasteiger partial charge >= 0.3 is 5.97 Å². The lowest BCUT2D eigenvalue weighted by Crippen LogP contribution is -2.61. The summed E-state index contributed by atoms with van der Waals surface area (Å²) in [4.78, 5) is 57.5. The highest BCUT2D eigenvalue weighted by atomic mass is 16.5. The zero-order chi connectivity index (χ0) is 29.2. The number of nitrogens with zero attached hydrogens (tertiary/aromatic N) is 2. The Balaban J connectivity index is 1.70. The maximum Gasteiger partial charge on any atom is 0.325 e. The molecule has 1 aromatic heterocycles. The Labute approximate surface area is 234 Å². The molecule has 3 N–H and O–H groups in total. The number of hydrazine groups is 1. The zero-order valence-electron chi connectivity index (χ0n) is 24.0. The molecule has 2 aromatic rings. The van der Waals surface area contributed by atoms with Gasteiger partial charge in [-0.3, -0.25) is 24.2 Å². The Morgan fingerprint density at radius 2 is 1.77 bits per heavy atom. The molecule has 1 fully saturated rings. The second-order valence-electron chi connectivity index (χ2n) is 11.6. The van der Waals surface area contributed by atoms with Crippen molar-refractivity contribution in [3.8, 4) is 0 Å². The number of carbonyl (C=O) groups excluding carboxylic acids is 4. The number of cyclic esters (lactones) is 1. The van der Waals surface area contributed by atoms with Gasteiger partial charge in [0.05, 0.1) is 16.6 Å². The summed E-state index contributed by atoms with van der Waals surface area (Å²) in [6.07, 6.45) is 4.14. The van der Waals surface area contributed by atoms with Gasteiger partial charge in [0.1, 0.15) is 24.2 Å². The molecule has 4 atom stereocenters. The van der Waals surface area contributed by atoms with Crippen LogP contribution >= 0.6 is 0 Å². The molecule has 214 valence electrons. The van der Waals surface area contributed by atoms with E-state index in [9.17, 15) is 19.2 Å². The molecule has 0 radical (unpaired) electrons. The van der Waals surface area contributed by atoms with Crippen molar-refractivity contribution in [3.05, 3.63) is 47.7 Å². The second kappa shape index (κ2) is 11.8. The first-order valence-corrected chi connectivity index (χ1v) is 13.8. The fourth-order valence-corrected chi connectivity index (χ4v) is 4.75. The van der Waals surface area contributed by atoms with Gasteiger partial charge in [-0.05, 0) is 64.2 Å². The molecular weight excluding hydrogens is 510 g/mol. The lowest BCUT2D eigenvalue weighted by atomic mass is 9.89. The van der Waals surface area contributed by atoms with Crippen LogP contribution in [0.15, 0.2) is 36.4 Å². The van der Waals surface area contributed by atoms with E-state index < -0.39 is 41.5 Å². The number of esters is 1. The molecule has 10 heteroatoms. The number of fused-ring (bicyclic) bond motifs is 4. The third-order valence-corrected chi connectivity index (χ3v) is 7.43. The zero-order valence-corrected chi connectivity index (χ0v) is 24.0. The van der Waals surface area contributed by atoms with Crippen molar-refractivity contribution in [2.45, 2.75) is 78.6 Å². The standard InChI is InChI=1S/C30H39N5O5/c1-17(2)25-26(36)31-18(3)27(37)35-15-7-8-23(34-35)28(38)40-19(4)22-12-11-21-10-9-20(16-24(21)32-22)13-14-30(5,6)29(39)33-25/h9-14,16-19,23,25,34H,7-8,15H2,1-6H3,(H,31,36)(H,33,39)/b14-13+/t18-,19+,23-,25-/m0/s1. The largest absolute Gasteiger partial charge is 0.455 e. The molecule has 3 amide bonds. The van der Waals surface area contributed by atoms with Crippen molar-refractivity contribution >= 4 is 40.7 Å². The number of hydrogen-bond donors (Lipinski definition) is 3. The Bertz CT molecular complexity index is 1340. The molecule has 40 heavy (non-hydrogen) atoms. The molecule has 2 aliphatic rings. The SMILES string of the molecule is CC(C)[C@@H]1NC(=O)C(C)(C)/C=C/c2ccc3ccc(nc3c2)[C@@H](C)OC(=O)[C@@H]2CCCN(N2)C(=O)[C@H](C)NC1=O. The van der Waals surface area contributed by atoms with Crippen LogP contribution in [-0.4, -0.2) is 58.4 Å². The van der Waals surface area contributed by atoms with Gasteiger partial charge in [-0.25, -0.2) is 10.4 Å². The lowest BCUT2D eigenvalue weighted by molar-refractivity contribution is -0.157. The summed E-state index contributed by atoms with van der Waals surface area (Å²) in [7, 11) is 0. The first-order valence-electron chi connectivity index (χ1n) is 13.8. The van der Waals surface area contributed by atoms with Crippen LogP contribution in [0.25, 0.3) is 17.0 Å². The molecule has 3 heterocycles. The van der Waals surface area contributed by atoms with Crippen molar-refractivity contribution in [2.75, 3.05) is 6.54 Å². The van der Waals surface area contributed by atoms with Gasteiger partial charge in [-0.1, -0.05) is 44.2 Å². The van der Waals surface area contributed by atoms with Crippen molar-refractivity contribution < 1.29 is 23.9 Å². The number of benzene rings is 1. The van der Waals surface area contributed by atoms with Crippen molar-refractivity contribution in [2.24, 2.45) is 11.3 Å².